The number of ether oxygens (including phenoxy) is 1. The van der Waals surface area contributed by atoms with E-state index in [0.717, 1.165) is 56.7 Å². The van der Waals surface area contributed by atoms with Crippen LogP contribution in [0.25, 0.3) is 5.52 Å². The Hall–Kier alpha value is -1.62. The van der Waals surface area contributed by atoms with Crippen molar-refractivity contribution in [3.63, 3.8) is 0 Å². The Morgan fingerprint density at radius 3 is 2.86 bits per heavy atom. The second kappa shape index (κ2) is 5.30. The van der Waals surface area contributed by atoms with Gasteiger partial charge in [-0.05, 0) is 44.4 Å². The SMILES string of the molecule is O=c1c2c3c(nn2ccn1CC1CCOCC1)CCCC3. The molecule has 5 heteroatoms. The molecule has 0 atom stereocenters. The van der Waals surface area contributed by atoms with Crippen LogP contribution < -0.4 is 5.56 Å². The van der Waals surface area contributed by atoms with Gasteiger partial charge in [0.25, 0.3) is 5.56 Å². The summed E-state index contributed by atoms with van der Waals surface area (Å²) >= 11 is 0. The molecular formula is C16H21N3O2. The quantitative estimate of drug-likeness (QED) is 0.846. The molecule has 0 radical (unpaired) electrons. The summed E-state index contributed by atoms with van der Waals surface area (Å²) in [5.74, 6) is 0.553. The maximum Gasteiger partial charge on any atom is 0.276 e. The molecule has 21 heavy (non-hydrogen) atoms. The van der Waals surface area contributed by atoms with E-state index in [4.69, 9.17) is 4.74 Å². The highest BCUT2D eigenvalue weighted by Gasteiger charge is 2.21. The monoisotopic (exact) mass is 287 g/mol. The van der Waals surface area contributed by atoms with Gasteiger partial charge < -0.3 is 9.30 Å². The topological polar surface area (TPSA) is 48.5 Å². The van der Waals surface area contributed by atoms with E-state index >= 15 is 0 Å². The van der Waals surface area contributed by atoms with Gasteiger partial charge >= 0.3 is 0 Å². The molecule has 0 amide bonds. The van der Waals surface area contributed by atoms with E-state index in [1.165, 1.54) is 18.4 Å². The van der Waals surface area contributed by atoms with E-state index in [0.29, 0.717) is 5.92 Å². The minimum atomic E-state index is 0.125. The third-order valence-electron chi connectivity index (χ3n) is 4.83. The fraction of sp³-hybridized carbons (Fsp3) is 0.625. The van der Waals surface area contributed by atoms with Gasteiger partial charge in [0, 0.05) is 37.7 Å². The molecule has 4 rings (SSSR count). The third kappa shape index (κ3) is 2.29. The fourth-order valence-corrected chi connectivity index (χ4v) is 3.61. The summed E-state index contributed by atoms with van der Waals surface area (Å²) in [6.07, 6.45) is 10.3. The molecule has 2 aromatic heterocycles. The molecule has 0 bridgehead atoms. The summed E-state index contributed by atoms with van der Waals surface area (Å²) in [6, 6.07) is 0. The van der Waals surface area contributed by atoms with Crippen molar-refractivity contribution in [2.75, 3.05) is 13.2 Å². The van der Waals surface area contributed by atoms with Gasteiger partial charge in [0.15, 0.2) is 0 Å². The Balaban J connectivity index is 1.73. The third-order valence-corrected chi connectivity index (χ3v) is 4.83. The normalized spacial score (nSPS) is 19.8. The van der Waals surface area contributed by atoms with Gasteiger partial charge in [-0.1, -0.05) is 0 Å². The molecule has 0 N–H and O–H groups in total. The van der Waals surface area contributed by atoms with Crippen molar-refractivity contribution in [2.24, 2.45) is 5.92 Å². The molecule has 1 aliphatic carbocycles. The van der Waals surface area contributed by atoms with Crippen molar-refractivity contribution in [1.82, 2.24) is 14.2 Å². The average molecular weight is 287 g/mol. The zero-order valence-corrected chi connectivity index (χ0v) is 12.3. The zero-order chi connectivity index (χ0) is 14.2. The van der Waals surface area contributed by atoms with Crippen LogP contribution in [0.15, 0.2) is 17.2 Å². The van der Waals surface area contributed by atoms with E-state index in [1.807, 2.05) is 17.0 Å². The molecule has 112 valence electrons. The molecule has 0 unspecified atom stereocenters. The van der Waals surface area contributed by atoms with Crippen LogP contribution in [0.3, 0.4) is 0 Å². The Kier molecular flexibility index (Phi) is 3.30. The zero-order valence-electron chi connectivity index (χ0n) is 12.3. The van der Waals surface area contributed by atoms with Crippen LogP contribution in [0.4, 0.5) is 0 Å². The number of hydrogen-bond acceptors (Lipinski definition) is 3. The van der Waals surface area contributed by atoms with Crippen molar-refractivity contribution in [2.45, 2.75) is 45.1 Å². The minimum absolute atomic E-state index is 0.125. The van der Waals surface area contributed by atoms with Crippen molar-refractivity contribution >= 4 is 5.52 Å². The summed E-state index contributed by atoms with van der Waals surface area (Å²) in [5.41, 5.74) is 3.24. The number of aromatic nitrogens is 3. The van der Waals surface area contributed by atoms with Gasteiger partial charge in [-0.25, -0.2) is 4.52 Å². The first-order valence-electron chi connectivity index (χ1n) is 8.00. The van der Waals surface area contributed by atoms with Gasteiger partial charge in [-0.3, -0.25) is 4.79 Å². The van der Waals surface area contributed by atoms with Gasteiger partial charge in [0.2, 0.25) is 0 Å². The molecule has 0 aromatic carbocycles. The van der Waals surface area contributed by atoms with Gasteiger partial charge in [-0.2, -0.15) is 5.10 Å². The Labute approximate surface area is 123 Å². The number of fused-ring (bicyclic) bond motifs is 3. The standard InChI is InChI=1S/C16H21N3O2/c20-16-15-13-3-1-2-4-14(13)17-19(15)8-7-18(16)11-12-5-9-21-10-6-12/h7-8,12H,1-6,9-11H2. The first-order valence-corrected chi connectivity index (χ1v) is 8.00. The first kappa shape index (κ1) is 13.1. The summed E-state index contributed by atoms with van der Waals surface area (Å²) in [6.45, 7) is 2.45. The van der Waals surface area contributed by atoms with Crippen molar-refractivity contribution in [3.05, 3.63) is 34.0 Å². The van der Waals surface area contributed by atoms with Gasteiger partial charge in [0.1, 0.15) is 5.52 Å². The second-order valence-corrected chi connectivity index (χ2v) is 6.24. The van der Waals surface area contributed by atoms with Gasteiger partial charge in [0.05, 0.1) is 5.69 Å². The molecule has 1 fully saturated rings. The molecule has 0 saturated carbocycles. The van der Waals surface area contributed by atoms with E-state index in [2.05, 4.69) is 5.10 Å². The molecule has 1 aliphatic heterocycles. The molecule has 3 heterocycles. The number of hydrogen-bond donors (Lipinski definition) is 0. The highest BCUT2D eigenvalue weighted by molar-refractivity contribution is 5.55. The number of nitrogens with zero attached hydrogens (tertiary/aromatic N) is 3. The molecule has 0 spiro atoms. The lowest BCUT2D eigenvalue weighted by Gasteiger charge is -2.22. The van der Waals surface area contributed by atoms with E-state index in [-0.39, 0.29) is 5.56 Å². The molecule has 2 aromatic rings. The lowest BCUT2D eigenvalue weighted by molar-refractivity contribution is 0.0609. The highest BCUT2D eigenvalue weighted by atomic mass is 16.5. The van der Waals surface area contributed by atoms with E-state index in [9.17, 15) is 4.79 Å². The van der Waals surface area contributed by atoms with Crippen molar-refractivity contribution in [3.8, 4) is 0 Å². The molecule has 5 nitrogen and oxygen atoms in total. The summed E-state index contributed by atoms with van der Waals surface area (Å²) in [5, 5.41) is 4.59. The molecule has 2 aliphatic rings. The predicted octanol–water partition coefficient (Wildman–Crippen LogP) is 1.80. The predicted molar refractivity (Wildman–Crippen MR) is 79.6 cm³/mol. The van der Waals surface area contributed by atoms with Crippen LogP contribution >= 0.6 is 0 Å². The minimum Gasteiger partial charge on any atom is -0.381 e. The number of rotatable bonds is 2. The van der Waals surface area contributed by atoms with E-state index < -0.39 is 0 Å². The van der Waals surface area contributed by atoms with E-state index in [1.54, 1.807) is 4.52 Å². The smallest absolute Gasteiger partial charge is 0.276 e. The van der Waals surface area contributed by atoms with Crippen LogP contribution in [0.2, 0.25) is 0 Å². The molecule has 1 saturated heterocycles. The van der Waals surface area contributed by atoms with Crippen LogP contribution in [0.1, 0.15) is 36.9 Å². The van der Waals surface area contributed by atoms with Crippen LogP contribution in [0.5, 0.6) is 0 Å². The average Bonchev–Trinajstić information content (AvgIpc) is 2.90. The lowest BCUT2D eigenvalue weighted by Crippen LogP contribution is -2.28. The fourth-order valence-electron chi connectivity index (χ4n) is 3.61. The summed E-state index contributed by atoms with van der Waals surface area (Å²) in [4.78, 5) is 12.8. The van der Waals surface area contributed by atoms with Gasteiger partial charge in [-0.15, -0.1) is 0 Å². The Morgan fingerprint density at radius 1 is 1.19 bits per heavy atom. The summed E-state index contributed by atoms with van der Waals surface area (Å²) < 4.78 is 9.07. The molecular weight excluding hydrogens is 266 g/mol. The van der Waals surface area contributed by atoms with Crippen molar-refractivity contribution in [1.29, 1.82) is 0 Å². The maximum absolute atomic E-state index is 12.8. The Morgan fingerprint density at radius 2 is 2.00 bits per heavy atom. The summed E-state index contributed by atoms with van der Waals surface area (Å²) in [7, 11) is 0. The van der Waals surface area contributed by atoms with Crippen molar-refractivity contribution < 1.29 is 4.74 Å². The van der Waals surface area contributed by atoms with Crippen LogP contribution in [0, 0.1) is 5.92 Å². The van der Waals surface area contributed by atoms with Crippen LogP contribution in [-0.4, -0.2) is 27.4 Å². The Bertz CT molecular complexity index is 710. The largest absolute Gasteiger partial charge is 0.381 e. The maximum atomic E-state index is 12.8. The second-order valence-electron chi connectivity index (χ2n) is 6.24. The highest BCUT2D eigenvalue weighted by Crippen LogP contribution is 2.23. The number of aryl methyl sites for hydroxylation is 2. The first-order chi connectivity index (χ1) is 10.3. The van der Waals surface area contributed by atoms with Crippen LogP contribution in [-0.2, 0) is 24.1 Å². The lowest BCUT2D eigenvalue weighted by atomic mass is 9.97.